The molecular formula is C17H26IN5O. The molecule has 3 N–H and O–H groups in total. The van der Waals surface area contributed by atoms with Gasteiger partial charge < -0.3 is 15.6 Å². The number of nitrogens with zero attached hydrogens (tertiary/aromatic N) is 3. The van der Waals surface area contributed by atoms with E-state index >= 15 is 0 Å². The van der Waals surface area contributed by atoms with Crippen molar-refractivity contribution in [2.75, 3.05) is 5.32 Å². The molecule has 132 valence electrons. The molecule has 0 aliphatic rings. The molecule has 2 rings (SSSR count). The van der Waals surface area contributed by atoms with Crippen molar-refractivity contribution in [3.63, 3.8) is 0 Å². The lowest BCUT2D eigenvalue weighted by molar-refractivity contribution is 0.318. The Bertz CT molecular complexity index is 688. The number of benzene rings is 1. The van der Waals surface area contributed by atoms with E-state index < -0.39 is 0 Å². The average Bonchev–Trinajstić information content (AvgIpc) is 2.94. The first kappa shape index (κ1) is 20.4. The molecule has 1 aromatic heterocycles. The maximum Gasteiger partial charge on any atom is 0.232 e. The summed E-state index contributed by atoms with van der Waals surface area (Å²) in [6.07, 6.45) is 0. The van der Waals surface area contributed by atoms with E-state index in [4.69, 9.17) is 10.3 Å². The molecule has 0 spiro atoms. The third-order valence-corrected chi connectivity index (χ3v) is 3.33. The van der Waals surface area contributed by atoms with E-state index in [0.717, 1.165) is 5.69 Å². The fraction of sp³-hybridized carbons (Fsp3) is 0.471. The first-order valence-corrected chi connectivity index (χ1v) is 7.75. The van der Waals surface area contributed by atoms with Gasteiger partial charge in [-0.25, -0.2) is 4.99 Å². The zero-order chi connectivity index (χ0) is 17.0. The van der Waals surface area contributed by atoms with Crippen LogP contribution in [0.1, 0.15) is 57.8 Å². The van der Waals surface area contributed by atoms with Gasteiger partial charge in [0.25, 0.3) is 0 Å². The molecular weight excluding hydrogens is 417 g/mol. The first-order chi connectivity index (χ1) is 10.8. The first-order valence-electron chi connectivity index (χ1n) is 7.75. The second-order valence-electron chi connectivity index (χ2n) is 6.87. The fourth-order valence-electron chi connectivity index (χ4n) is 1.94. The van der Waals surface area contributed by atoms with E-state index in [9.17, 15) is 0 Å². The predicted octanol–water partition coefficient (Wildman–Crippen LogP) is 4.04. The van der Waals surface area contributed by atoms with Crippen molar-refractivity contribution in [2.24, 2.45) is 10.7 Å². The van der Waals surface area contributed by atoms with Gasteiger partial charge in [-0.2, -0.15) is 4.98 Å². The number of hydrogen-bond donors (Lipinski definition) is 2. The number of aliphatic imine (C=N–C) groups is 1. The molecule has 1 aromatic carbocycles. The highest BCUT2D eigenvalue weighted by molar-refractivity contribution is 14.0. The standard InChI is InChI=1S/C17H25N5O.HI/c1-11(2)12-7-6-8-13(9-12)20-16(18)19-10-14-21-15(23-22-14)17(3,4)5;/h6-9,11H,10H2,1-5H3,(H3,18,19,20);1H. The number of nitrogens with two attached hydrogens (primary N) is 1. The predicted molar refractivity (Wildman–Crippen MR) is 108 cm³/mol. The van der Waals surface area contributed by atoms with Gasteiger partial charge in [-0.1, -0.05) is 51.9 Å². The summed E-state index contributed by atoms with van der Waals surface area (Å²) >= 11 is 0. The van der Waals surface area contributed by atoms with E-state index in [1.54, 1.807) is 0 Å². The van der Waals surface area contributed by atoms with Gasteiger partial charge >= 0.3 is 0 Å². The summed E-state index contributed by atoms with van der Waals surface area (Å²) in [5, 5.41) is 7.01. The van der Waals surface area contributed by atoms with Gasteiger partial charge in [0.05, 0.1) is 0 Å². The summed E-state index contributed by atoms with van der Waals surface area (Å²) in [5.74, 6) is 1.91. The maximum atomic E-state index is 5.93. The summed E-state index contributed by atoms with van der Waals surface area (Å²) in [6.45, 7) is 10.6. The Morgan fingerprint density at radius 2 is 2.04 bits per heavy atom. The van der Waals surface area contributed by atoms with Gasteiger partial charge in [0.15, 0.2) is 11.8 Å². The molecule has 0 radical (unpaired) electrons. The normalized spacial score (nSPS) is 12.2. The van der Waals surface area contributed by atoms with Crippen LogP contribution in [-0.4, -0.2) is 16.1 Å². The Morgan fingerprint density at radius 3 is 2.62 bits per heavy atom. The lowest BCUT2D eigenvalue weighted by Crippen LogP contribution is -2.22. The molecule has 24 heavy (non-hydrogen) atoms. The average molecular weight is 443 g/mol. The summed E-state index contributed by atoms with van der Waals surface area (Å²) < 4.78 is 5.23. The van der Waals surface area contributed by atoms with Crippen molar-refractivity contribution < 1.29 is 4.52 Å². The Morgan fingerprint density at radius 1 is 1.33 bits per heavy atom. The molecule has 7 heteroatoms. The molecule has 0 atom stereocenters. The lowest BCUT2D eigenvalue weighted by atomic mass is 9.97. The highest BCUT2D eigenvalue weighted by atomic mass is 127. The van der Waals surface area contributed by atoms with E-state index in [-0.39, 0.29) is 35.9 Å². The summed E-state index contributed by atoms with van der Waals surface area (Å²) in [7, 11) is 0. The maximum absolute atomic E-state index is 5.93. The number of guanidine groups is 1. The van der Waals surface area contributed by atoms with Crippen LogP contribution in [0.2, 0.25) is 0 Å². The topological polar surface area (TPSA) is 89.3 Å². The van der Waals surface area contributed by atoms with Crippen molar-refractivity contribution in [2.45, 2.75) is 52.5 Å². The zero-order valence-electron chi connectivity index (χ0n) is 14.8. The molecule has 0 aliphatic carbocycles. The van der Waals surface area contributed by atoms with Crippen LogP contribution in [0, 0.1) is 0 Å². The van der Waals surface area contributed by atoms with Crippen LogP contribution in [0.25, 0.3) is 0 Å². The Labute approximate surface area is 160 Å². The minimum absolute atomic E-state index is 0. The van der Waals surface area contributed by atoms with E-state index in [1.165, 1.54) is 5.56 Å². The van der Waals surface area contributed by atoms with Crippen LogP contribution in [0.4, 0.5) is 5.69 Å². The lowest BCUT2D eigenvalue weighted by Gasteiger charge is -2.10. The summed E-state index contributed by atoms with van der Waals surface area (Å²) in [5.41, 5.74) is 7.92. The number of rotatable bonds is 4. The third-order valence-electron chi connectivity index (χ3n) is 3.33. The summed E-state index contributed by atoms with van der Waals surface area (Å²) in [4.78, 5) is 8.59. The number of halogens is 1. The molecule has 0 saturated carbocycles. The Balaban J connectivity index is 0.00000288. The summed E-state index contributed by atoms with van der Waals surface area (Å²) in [6, 6.07) is 8.12. The van der Waals surface area contributed by atoms with Gasteiger partial charge in [0.2, 0.25) is 5.89 Å². The van der Waals surface area contributed by atoms with Crippen molar-refractivity contribution in [1.29, 1.82) is 0 Å². The molecule has 0 bridgehead atoms. The van der Waals surface area contributed by atoms with Crippen molar-refractivity contribution in [1.82, 2.24) is 10.1 Å². The third kappa shape index (κ3) is 5.77. The molecule has 0 unspecified atom stereocenters. The van der Waals surface area contributed by atoms with Crippen molar-refractivity contribution in [3.05, 3.63) is 41.5 Å². The van der Waals surface area contributed by atoms with Crippen LogP contribution in [-0.2, 0) is 12.0 Å². The molecule has 0 amide bonds. The SMILES string of the molecule is CC(C)c1cccc(NC(N)=NCc2noc(C(C)(C)C)n2)c1.I. The quantitative estimate of drug-likeness (QED) is 0.423. The van der Waals surface area contributed by atoms with Gasteiger partial charge in [0.1, 0.15) is 6.54 Å². The van der Waals surface area contributed by atoms with Gasteiger partial charge in [-0.05, 0) is 23.6 Å². The van der Waals surface area contributed by atoms with Crippen molar-refractivity contribution >= 4 is 35.6 Å². The highest BCUT2D eigenvalue weighted by Crippen LogP contribution is 2.20. The zero-order valence-corrected chi connectivity index (χ0v) is 17.2. The van der Waals surface area contributed by atoms with Crippen LogP contribution < -0.4 is 11.1 Å². The van der Waals surface area contributed by atoms with Crippen LogP contribution in [0.3, 0.4) is 0 Å². The van der Waals surface area contributed by atoms with Crippen LogP contribution in [0.5, 0.6) is 0 Å². The number of hydrogen-bond acceptors (Lipinski definition) is 4. The molecule has 0 aliphatic heterocycles. The second-order valence-corrected chi connectivity index (χ2v) is 6.87. The smallest absolute Gasteiger partial charge is 0.232 e. The van der Waals surface area contributed by atoms with E-state index in [2.05, 4.69) is 46.4 Å². The van der Waals surface area contributed by atoms with Gasteiger partial charge in [-0.3, -0.25) is 0 Å². The van der Waals surface area contributed by atoms with Gasteiger partial charge in [0, 0.05) is 11.1 Å². The van der Waals surface area contributed by atoms with E-state index in [1.807, 2.05) is 32.9 Å². The molecule has 0 saturated heterocycles. The molecule has 6 nitrogen and oxygen atoms in total. The van der Waals surface area contributed by atoms with Gasteiger partial charge in [-0.15, -0.1) is 24.0 Å². The number of anilines is 1. The molecule has 1 heterocycles. The fourth-order valence-corrected chi connectivity index (χ4v) is 1.94. The largest absolute Gasteiger partial charge is 0.370 e. The number of nitrogens with one attached hydrogen (secondary N) is 1. The number of aromatic nitrogens is 2. The second kappa shape index (κ2) is 8.46. The minimum atomic E-state index is -0.171. The highest BCUT2D eigenvalue weighted by Gasteiger charge is 2.21. The van der Waals surface area contributed by atoms with Crippen molar-refractivity contribution in [3.8, 4) is 0 Å². The molecule has 0 fully saturated rings. The van der Waals surface area contributed by atoms with Crippen LogP contribution >= 0.6 is 24.0 Å². The Kier molecular flexibility index (Phi) is 7.19. The minimum Gasteiger partial charge on any atom is -0.370 e. The Hall–Kier alpha value is -1.64. The van der Waals surface area contributed by atoms with Crippen LogP contribution in [0.15, 0.2) is 33.8 Å². The molecule has 2 aromatic rings. The monoisotopic (exact) mass is 443 g/mol. The van der Waals surface area contributed by atoms with E-state index in [0.29, 0.717) is 23.6 Å².